The van der Waals surface area contributed by atoms with Gasteiger partial charge in [-0.1, -0.05) is 30.3 Å². The summed E-state index contributed by atoms with van der Waals surface area (Å²) in [4.78, 5) is 19.8. The molecule has 2 aromatic rings. The van der Waals surface area contributed by atoms with Gasteiger partial charge in [0.25, 0.3) is 0 Å². The van der Waals surface area contributed by atoms with Crippen LogP contribution in [0, 0.1) is 11.3 Å². The summed E-state index contributed by atoms with van der Waals surface area (Å²) in [5.74, 6) is -0.863. The third-order valence-corrected chi connectivity index (χ3v) is 5.58. The minimum atomic E-state index is -4.63. The fraction of sp³-hybridized carbons (Fsp3) is 0.348. The maximum Gasteiger partial charge on any atom is 0.433 e. The van der Waals surface area contributed by atoms with E-state index in [9.17, 15) is 23.1 Å². The van der Waals surface area contributed by atoms with Crippen LogP contribution in [0.2, 0.25) is 0 Å². The van der Waals surface area contributed by atoms with Crippen molar-refractivity contribution in [1.82, 2.24) is 9.97 Å². The number of hydrogen-bond acceptors (Lipinski definition) is 5. The highest BCUT2D eigenvalue weighted by Gasteiger charge is 2.45. The lowest BCUT2D eigenvalue weighted by atomic mass is 9.75. The van der Waals surface area contributed by atoms with Crippen molar-refractivity contribution in [2.24, 2.45) is 11.3 Å². The number of carboxylic acids is 1. The Morgan fingerprint density at radius 1 is 1.25 bits per heavy atom. The molecule has 0 aliphatic heterocycles. The first-order valence-corrected chi connectivity index (χ1v) is 10.2. The van der Waals surface area contributed by atoms with Gasteiger partial charge in [-0.25, -0.2) is 9.97 Å². The molecule has 1 saturated carbocycles. The average Bonchev–Trinajstić information content (AvgIpc) is 3.57. The van der Waals surface area contributed by atoms with Crippen molar-refractivity contribution in [2.45, 2.75) is 32.4 Å². The lowest BCUT2D eigenvalue weighted by Crippen LogP contribution is -2.35. The van der Waals surface area contributed by atoms with E-state index in [1.807, 2.05) is 30.3 Å². The second kappa shape index (κ2) is 8.29. The lowest BCUT2D eigenvalue weighted by Gasteiger charge is -2.34. The smallest absolute Gasteiger partial charge is 0.433 e. The summed E-state index contributed by atoms with van der Waals surface area (Å²) >= 11 is 0. The molecule has 1 heterocycles. The minimum absolute atomic E-state index is 0.164. The van der Waals surface area contributed by atoms with Crippen LogP contribution in [0.3, 0.4) is 0 Å². The molecule has 32 heavy (non-hydrogen) atoms. The summed E-state index contributed by atoms with van der Waals surface area (Å²) in [7, 11) is 0. The van der Waals surface area contributed by atoms with E-state index in [1.54, 1.807) is 13.0 Å². The van der Waals surface area contributed by atoms with Gasteiger partial charge in [-0.2, -0.15) is 13.2 Å². The van der Waals surface area contributed by atoms with E-state index < -0.39 is 23.3 Å². The number of carbonyl (C=O) groups is 1. The fourth-order valence-corrected chi connectivity index (χ4v) is 3.57. The van der Waals surface area contributed by atoms with E-state index in [0.717, 1.165) is 30.7 Å². The monoisotopic (exact) mass is 445 g/mol. The number of aliphatic carboxylic acids is 1. The molecule has 0 bridgehead atoms. The van der Waals surface area contributed by atoms with Crippen LogP contribution in [0.1, 0.15) is 37.4 Å². The highest BCUT2D eigenvalue weighted by atomic mass is 19.4. The molecule has 168 valence electrons. The van der Waals surface area contributed by atoms with E-state index in [-0.39, 0.29) is 23.8 Å². The second-order valence-electron chi connectivity index (χ2n) is 8.24. The largest absolute Gasteiger partial charge is 0.494 e. The molecule has 4 rings (SSSR count). The first kappa shape index (κ1) is 21.9. The number of aromatic nitrogens is 2. The van der Waals surface area contributed by atoms with Crippen LogP contribution < -0.4 is 5.32 Å². The predicted molar refractivity (Wildman–Crippen MR) is 111 cm³/mol. The summed E-state index contributed by atoms with van der Waals surface area (Å²) < 4.78 is 45.3. The number of hydrogen-bond donors (Lipinski definition) is 2. The minimum Gasteiger partial charge on any atom is -0.494 e. The van der Waals surface area contributed by atoms with Gasteiger partial charge >= 0.3 is 12.1 Å². The molecule has 1 aromatic carbocycles. The van der Waals surface area contributed by atoms with Crippen molar-refractivity contribution in [3.05, 3.63) is 71.4 Å². The number of alkyl halides is 3. The van der Waals surface area contributed by atoms with Crippen LogP contribution in [-0.4, -0.2) is 27.7 Å². The molecule has 2 aliphatic carbocycles. The van der Waals surface area contributed by atoms with E-state index in [4.69, 9.17) is 4.74 Å². The Labute approximate surface area is 182 Å². The van der Waals surface area contributed by atoms with Crippen LogP contribution >= 0.6 is 0 Å². The summed E-state index contributed by atoms with van der Waals surface area (Å²) in [5, 5.41) is 12.9. The number of nitrogens with zero attached hydrogens (tertiary/aromatic N) is 2. The summed E-state index contributed by atoms with van der Waals surface area (Å²) in [6.07, 6.45) is 0.243. The zero-order valence-corrected chi connectivity index (χ0v) is 17.3. The Balaban J connectivity index is 1.79. The molecule has 0 amide bonds. The van der Waals surface area contributed by atoms with Crippen LogP contribution in [0.5, 0.6) is 0 Å². The molecule has 1 fully saturated rings. The maximum atomic E-state index is 13.1. The van der Waals surface area contributed by atoms with E-state index in [0.29, 0.717) is 18.1 Å². The Hall–Kier alpha value is -3.36. The first-order valence-electron chi connectivity index (χ1n) is 10.2. The number of carboxylic acid groups (broad SMARTS) is 1. The van der Waals surface area contributed by atoms with Crippen molar-refractivity contribution in [2.75, 3.05) is 11.9 Å². The Morgan fingerprint density at radius 2 is 1.97 bits per heavy atom. The maximum absolute atomic E-state index is 13.1. The number of rotatable bonds is 7. The first-order chi connectivity index (χ1) is 15.2. The molecule has 6 nitrogen and oxygen atoms in total. The third-order valence-electron chi connectivity index (χ3n) is 5.58. The van der Waals surface area contributed by atoms with E-state index in [1.165, 1.54) is 0 Å². The van der Waals surface area contributed by atoms with Gasteiger partial charge in [0.15, 0.2) is 0 Å². The fourth-order valence-electron chi connectivity index (χ4n) is 3.57. The van der Waals surface area contributed by atoms with Gasteiger partial charge in [0, 0.05) is 6.20 Å². The standard InChI is InChI=1S/C23H22F3N3O3/c1-22(20(30)31)12-16(15-5-3-2-4-6-15)11-17(19(22)32-13-14-7-8-14)28-21-27-10-9-18(29-21)23(24,25)26/h2-6,9-11,14H,7-8,12-13H2,1H3,(H,30,31)(H,27,28,29). The number of allylic oxidation sites excluding steroid dienone is 2. The second-order valence-corrected chi connectivity index (χ2v) is 8.24. The zero-order chi connectivity index (χ0) is 22.9. The number of nitrogens with one attached hydrogen (secondary N) is 1. The normalized spacial score (nSPS) is 21.2. The van der Waals surface area contributed by atoms with Gasteiger partial charge in [-0.3, -0.25) is 4.79 Å². The number of halogens is 3. The Morgan fingerprint density at radius 3 is 2.59 bits per heavy atom. The van der Waals surface area contributed by atoms with Crippen LogP contribution in [0.15, 0.2) is 60.1 Å². The lowest BCUT2D eigenvalue weighted by molar-refractivity contribution is -0.147. The average molecular weight is 445 g/mol. The van der Waals surface area contributed by atoms with Gasteiger partial charge in [0.2, 0.25) is 5.95 Å². The summed E-state index contributed by atoms with van der Waals surface area (Å²) in [5.41, 5.74) is -0.756. The van der Waals surface area contributed by atoms with Crippen LogP contribution in [-0.2, 0) is 15.7 Å². The van der Waals surface area contributed by atoms with E-state index >= 15 is 0 Å². The van der Waals surface area contributed by atoms with Crippen molar-refractivity contribution >= 4 is 17.5 Å². The van der Waals surface area contributed by atoms with Crippen LogP contribution in [0.25, 0.3) is 5.57 Å². The molecule has 1 atom stereocenters. The Bertz CT molecular complexity index is 1080. The quantitative estimate of drug-likeness (QED) is 0.615. The topological polar surface area (TPSA) is 84.3 Å². The van der Waals surface area contributed by atoms with Crippen LogP contribution in [0.4, 0.5) is 19.1 Å². The molecule has 9 heteroatoms. The van der Waals surface area contributed by atoms with Gasteiger partial charge in [-0.05, 0) is 55.4 Å². The zero-order valence-electron chi connectivity index (χ0n) is 17.3. The SMILES string of the molecule is CC1(C(=O)O)CC(c2ccccc2)=CC(Nc2nccc(C(F)(F)F)n2)=C1OCC1CC1. The molecule has 1 aromatic heterocycles. The van der Waals surface area contributed by atoms with E-state index in [2.05, 4.69) is 15.3 Å². The molecule has 0 saturated heterocycles. The molecule has 2 aliphatic rings. The van der Waals surface area contributed by atoms with Crippen molar-refractivity contribution < 1.29 is 27.8 Å². The highest BCUT2D eigenvalue weighted by Crippen LogP contribution is 2.45. The summed E-state index contributed by atoms with van der Waals surface area (Å²) in [6.45, 7) is 1.91. The van der Waals surface area contributed by atoms with Gasteiger partial charge < -0.3 is 15.2 Å². The molecule has 0 spiro atoms. The number of benzene rings is 1. The van der Waals surface area contributed by atoms with Gasteiger partial charge in [0.05, 0.1) is 12.3 Å². The van der Waals surface area contributed by atoms with Crippen molar-refractivity contribution in [3.8, 4) is 0 Å². The number of anilines is 1. The van der Waals surface area contributed by atoms with Crippen molar-refractivity contribution in [1.29, 1.82) is 0 Å². The van der Waals surface area contributed by atoms with Crippen molar-refractivity contribution in [3.63, 3.8) is 0 Å². The third kappa shape index (κ3) is 4.61. The highest BCUT2D eigenvalue weighted by molar-refractivity contribution is 5.85. The number of ether oxygens (including phenoxy) is 1. The molecule has 0 radical (unpaired) electrons. The molecular weight excluding hydrogens is 423 g/mol. The molecule has 2 N–H and O–H groups in total. The Kier molecular flexibility index (Phi) is 5.66. The van der Waals surface area contributed by atoms with Gasteiger partial charge in [0.1, 0.15) is 16.9 Å². The molecule has 1 unspecified atom stereocenters. The molecular formula is C23H22F3N3O3. The van der Waals surface area contributed by atoms with Gasteiger partial charge in [-0.15, -0.1) is 0 Å². The predicted octanol–water partition coefficient (Wildman–Crippen LogP) is 5.12. The summed E-state index contributed by atoms with van der Waals surface area (Å²) in [6, 6.07) is 9.99.